The zero-order chi connectivity index (χ0) is 22.4. The first kappa shape index (κ1) is 20.4. The Labute approximate surface area is 190 Å². The number of carbonyl (C=O) groups is 1. The quantitative estimate of drug-likeness (QED) is 0.763. The number of hydrogen-bond acceptors (Lipinski definition) is 7. The van der Waals surface area contributed by atoms with Crippen LogP contribution in [0.3, 0.4) is 0 Å². The van der Waals surface area contributed by atoms with Gasteiger partial charge in [-0.3, -0.25) is 9.78 Å². The minimum absolute atomic E-state index is 0.0321. The fourth-order valence-corrected chi connectivity index (χ4v) is 5.21. The second-order valence-corrected chi connectivity index (χ2v) is 8.91. The Balaban J connectivity index is 1.06. The molecule has 1 N–H and O–H groups in total. The molecule has 8 nitrogen and oxygen atoms in total. The van der Waals surface area contributed by atoms with Gasteiger partial charge in [0.25, 0.3) is 5.91 Å². The molecule has 0 saturated heterocycles. The van der Waals surface area contributed by atoms with Gasteiger partial charge in [0.2, 0.25) is 5.88 Å². The number of halogens is 1. The monoisotopic (exact) mass is 452 g/mol. The minimum Gasteiger partial charge on any atom is -0.486 e. The first-order chi connectivity index (χ1) is 16.2. The number of hydrogen-bond donors (Lipinski definition) is 1. The molecule has 0 radical (unpaired) electrons. The van der Waals surface area contributed by atoms with Gasteiger partial charge in [0.05, 0.1) is 18.1 Å². The fourth-order valence-electron chi connectivity index (χ4n) is 5.21. The van der Waals surface area contributed by atoms with Crippen LogP contribution >= 0.6 is 0 Å². The lowest BCUT2D eigenvalue weighted by molar-refractivity contribution is -0.122. The molecule has 2 aliphatic carbocycles. The van der Waals surface area contributed by atoms with E-state index in [0.717, 1.165) is 67.6 Å². The maximum Gasteiger partial charge on any atom is 0.265 e. The third kappa shape index (κ3) is 3.80. The van der Waals surface area contributed by atoms with Gasteiger partial charge >= 0.3 is 0 Å². The molecule has 9 heteroatoms. The maximum absolute atomic E-state index is 13.8. The molecule has 6 rings (SSSR count). The van der Waals surface area contributed by atoms with Crippen molar-refractivity contribution in [3.8, 4) is 17.4 Å². The summed E-state index contributed by atoms with van der Waals surface area (Å²) in [4.78, 5) is 22.8. The van der Waals surface area contributed by atoms with Crippen molar-refractivity contribution in [2.75, 3.05) is 31.3 Å². The number of nitrogens with one attached hydrogen (secondary N) is 1. The summed E-state index contributed by atoms with van der Waals surface area (Å²) in [5.41, 5.74) is 3.79. The highest BCUT2D eigenvalue weighted by Crippen LogP contribution is 2.40. The topological polar surface area (TPSA) is 85.8 Å². The molecule has 0 unspecified atom stereocenters. The van der Waals surface area contributed by atoms with Crippen molar-refractivity contribution in [2.24, 2.45) is 0 Å². The van der Waals surface area contributed by atoms with Gasteiger partial charge in [0, 0.05) is 36.7 Å². The summed E-state index contributed by atoms with van der Waals surface area (Å²) in [5.74, 6) is 1.29. The van der Waals surface area contributed by atoms with Crippen LogP contribution in [0.15, 0.2) is 24.0 Å². The van der Waals surface area contributed by atoms with Gasteiger partial charge in [0.1, 0.15) is 24.7 Å². The lowest BCUT2D eigenvalue weighted by Crippen LogP contribution is -2.49. The van der Waals surface area contributed by atoms with E-state index in [1.165, 1.54) is 11.6 Å². The van der Waals surface area contributed by atoms with Crippen molar-refractivity contribution in [3.05, 3.63) is 41.1 Å². The molecule has 2 aromatic rings. The molecule has 1 saturated carbocycles. The Kier molecular flexibility index (Phi) is 5.13. The van der Waals surface area contributed by atoms with Crippen LogP contribution in [0.5, 0.6) is 17.4 Å². The van der Waals surface area contributed by atoms with Crippen molar-refractivity contribution >= 4 is 17.7 Å². The van der Waals surface area contributed by atoms with Crippen LogP contribution in [0, 0.1) is 5.82 Å². The van der Waals surface area contributed by atoms with Crippen LogP contribution in [0.4, 0.5) is 10.1 Å². The Morgan fingerprint density at radius 3 is 2.82 bits per heavy atom. The van der Waals surface area contributed by atoms with Gasteiger partial charge in [-0.2, -0.15) is 0 Å². The fraction of sp³-hybridized carbons (Fsp3) is 0.458. The molecule has 2 aliphatic heterocycles. The number of nitrogens with zero attached hydrogens (tertiary/aromatic N) is 3. The van der Waals surface area contributed by atoms with E-state index >= 15 is 0 Å². The van der Waals surface area contributed by atoms with Crippen molar-refractivity contribution < 1.29 is 23.4 Å². The first-order valence-corrected chi connectivity index (χ1v) is 11.5. The number of pyridine rings is 2. The van der Waals surface area contributed by atoms with E-state index in [2.05, 4.69) is 21.4 Å². The summed E-state index contributed by atoms with van der Waals surface area (Å²) in [6.07, 6.45) is 9.39. The predicted molar refractivity (Wildman–Crippen MR) is 118 cm³/mol. The molecule has 33 heavy (non-hydrogen) atoms. The Bertz CT molecular complexity index is 1130. The van der Waals surface area contributed by atoms with Crippen LogP contribution in [-0.2, 0) is 11.2 Å². The van der Waals surface area contributed by atoms with Gasteiger partial charge in [-0.05, 0) is 37.3 Å². The van der Waals surface area contributed by atoms with Crippen LogP contribution < -0.4 is 24.4 Å². The molecule has 1 amide bonds. The Morgan fingerprint density at radius 1 is 1.09 bits per heavy atom. The molecule has 2 aromatic heterocycles. The molecule has 4 aliphatic rings. The SMILES string of the molecule is O=C1COc2ncc(F)cc2N1C1CCC(NCC2=Cc3ncc4c(c3C2)OCCO4)CC1. The number of anilines is 1. The van der Waals surface area contributed by atoms with E-state index < -0.39 is 5.82 Å². The Morgan fingerprint density at radius 2 is 1.94 bits per heavy atom. The third-order valence-corrected chi connectivity index (χ3v) is 6.80. The average Bonchev–Trinajstić information content (AvgIpc) is 3.27. The van der Waals surface area contributed by atoms with Crippen molar-refractivity contribution in [3.63, 3.8) is 0 Å². The van der Waals surface area contributed by atoms with Crippen LogP contribution in [-0.4, -0.2) is 54.3 Å². The summed E-state index contributed by atoms with van der Waals surface area (Å²) in [5, 5.41) is 3.67. The van der Waals surface area contributed by atoms with Gasteiger partial charge in [0.15, 0.2) is 18.1 Å². The lowest BCUT2D eigenvalue weighted by atomic mass is 9.89. The minimum atomic E-state index is -0.467. The number of amides is 1. The molecule has 1 fully saturated rings. The second-order valence-electron chi connectivity index (χ2n) is 8.91. The smallest absolute Gasteiger partial charge is 0.265 e. The summed E-state index contributed by atoms with van der Waals surface area (Å²) >= 11 is 0. The predicted octanol–water partition coefficient (Wildman–Crippen LogP) is 2.65. The van der Waals surface area contributed by atoms with E-state index in [0.29, 0.717) is 30.8 Å². The van der Waals surface area contributed by atoms with Crippen LogP contribution in [0.2, 0.25) is 0 Å². The average molecular weight is 452 g/mol. The van der Waals surface area contributed by atoms with Crippen LogP contribution in [0.1, 0.15) is 36.9 Å². The van der Waals surface area contributed by atoms with Crippen molar-refractivity contribution in [1.82, 2.24) is 15.3 Å². The highest BCUT2D eigenvalue weighted by Gasteiger charge is 2.35. The molecule has 0 aromatic carbocycles. The number of fused-ring (bicyclic) bond motifs is 4. The molecule has 172 valence electrons. The number of ether oxygens (including phenoxy) is 3. The Hall–Kier alpha value is -3.20. The summed E-state index contributed by atoms with van der Waals surface area (Å²) in [6, 6.07) is 1.74. The van der Waals surface area contributed by atoms with E-state index in [-0.39, 0.29) is 18.6 Å². The van der Waals surface area contributed by atoms with E-state index in [4.69, 9.17) is 14.2 Å². The first-order valence-electron chi connectivity index (χ1n) is 11.5. The van der Waals surface area contributed by atoms with Gasteiger partial charge < -0.3 is 24.4 Å². The summed E-state index contributed by atoms with van der Waals surface area (Å²) in [7, 11) is 0. The van der Waals surface area contributed by atoms with E-state index in [1.54, 1.807) is 11.1 Å². The molecular weight excluding hydrogens is 427 g/mol. The largest absolute Gasteiger partial charge is 0.486 e. The summed E-state index contributed by atoms with van der Waals surface area (Å²) < 4.78 is 30.6. The van der Waals surface area contributed by atoms with Gasteiger partial charge in [-0.1, -0.05) is 0 Å². The number of aromatic nitrogens is 2. The van der Waals surface area contributed by atoms with Crippen molar-refractivity contribution in [2.45, 2.75) is 44.2 Å². The maximum atomic E-state index is 13.8. The number of carbonyl (C=O) groups excluding carboxylic acids is 1. The van der Waals surface area contributed by atoms with Crippen LogP contribution in [0.25, 0.3) is 6.08 Å². The molecule has 0 bridgehead atoms. The van der Waals surface area contributed by atoms with E-state index in [9.17, 15) is 9.18 Å². The van der Waals surface area contributed by atoms with Crippen molar-refractivity contribution in [1.29, 1.82) is 0 Å². The molecular formula is C24H25FN4O4. The molecule has 0 atom stereocenters. The summed E-state index contributed by atoms with van der Waals surface area (Å²) in [6.45, 7) is 1.87. The second kappa shape index (κ2) is 8.30. The third-order valence-electron chi connectivity index (χ3n) is 6.80. The van der Waals surface area contributed by atoms with Gasteiger partial charge in [-0.15, -0.1) is 0 Å². The zero-order valence-corrected chi connectivity index (χ0v) is 18.2. The molecule has 4 heterocycles. The highest BCUT2D eigenvalue weighted by molar-refractivity contribution is 5.97. The standard InChI is InChI=1S/C24H25FN4O4/c25-15-9-20-24(28-11-15)33-13-22(30)29(20)17-3-1-16(2-4-17)26-10-14-7-18-19(8-14)27-12-21-23(18)32-6-5-31-21/h8-9,11-12,16-17,26H,1-7,10,13H2. The lowest BCUT2D eigenvalue weighted by Gasteiger charge is -2.39. The van der Waals surface area contributed by atoms with Gasteiger partial charge in [-0.25, -0.2) is 9.37 Å². The molecule has 0 spiro atoms. The number of rotatable bonds is 4. The van der Waals surface area contributed by atoms with E-state index in [1.807, 2.05) is 0 Å². The zero-order valence-electron chi connectivity index (χ0n) is 18.2. The normalized spacial score (nSPS) is 23.5. The highest BCUT2D eigenvalue weighted by atomic mass is 19.1.